The summed E-state index contributed by atoms with van der Waals surface area (Å²) in [5.41, 5.74) is 0.857. The number of benzene rings is 1. The summed E-state index contributed by atoms with van der Waals surface area (Å²) in [6.07, 6.45) is -3.08. The molecule has 150 valence electrons. The Kier molecular flexibility index (Phi) is 6.85. The third kappa shape index (κ3) is 6.41. The fourth-order valence-electron chi connectivity index (χ4n) is 2.25. The number of nitrogens with zero attached hydrogens (tertiary/aromatic N) is 1. The highest BCUT2D eigenvalue weighted by Gasteiger charge is 2.28. The van der Waals surface area contributed by atoms with Crippen molar-refractivity contribution in [2.45, 2.75) is 26.1 Å². The fraction of sp³-hybridized carbons (Fsp3) is 0.278. The Balaban J connectivity index is 2.06. The van der Waals surface area contributed by atoms with E-state index in [4.69, 9.17) is 11.6 Å². The summed E-state index contributed by atoms with van der Waals surface area (Å²) in [5, 5.41) is 5.22. The third-order valence-corrected chi connectivity index (χ3v) is 3.82. The summed E-state index contributed by atoms with van der Waals surface area (Å²) in [6, 6.07) is 6.66. The van der Waals surface area contributed by atoms with Gasteiger partial charge in [-0.25, -0.2) is 4.98 Å². The molecule has 2 aromatic rings. The number of ether oxygens (including phenoxy) is 1. The van der Waals surface area contributed by atoms with Crippen molar-refractivity contribution in [2.75, 3.05) is 11.9 Å². The summed E-state index contributed by atoms with van der Waals surface area (Å²) in [6.45, 7) is 1.56. The predicted molar refractivity (Wildman–Crippen MR) is 97.4 cm³/mol. The lowest BCUT2D eigenvalue weighted by Crippen LogP contribution is -2.27. The lowest BCUT2D eigenvalue weighted by atomic mass is 10.1. The number of rotatable bonds is 6. The maximum atomic E-state index is 12.4. The van der Waals surface area contributed by atoms with Gasteiger partial charge in [0.15, 0.2) is 6.61 Å². The molecule has 0 aliphatic heterocycles. The largest absolute Gasteiger partial charge is 0.483 e. The van der Waals surface area contributed by atoms with Crippen LogP contribution < -0.4 is 15.4 Å². The smallest absolute Gasteiger partial charge is 0.422 e. The number of anilines is 1. The first-order chi connectivity index (χ1) is 13.0. The van der Waals surface area contributed by atoms with Gasteiger partial charge in [0.1, 0.15) is 11.6 Å². The van der Waals surface area contributed by atoms with Gasteiger partial charge in [-0.2, -0.15) is 13.2 Å². The second kappa shape index (κ2) is 8.92. The number of hydrogen-bond donors (Lipinski definition) is 2. The number of carbonyl (C=O) groups is 2. The molecule has 1 unspecified atom stereocenters. The van der Waals surface area contributed by atoms with Crippen molar-refractivity contribution in [1.82, 2.24) is 10.3 Å². The van der Waals surface area contributed by atoms with Crippen LogP contribution in [0.15, 0.2) is 36.5 Å². The molecule has 0 aliphatic rings. The van der Waals surface area contributed by atoms with Crippen LogP contribution in [0.3, 0.4) is 0 Å². The van der Waals surface area contributed by atoms with E-state index in [9.17, 15) is 22.8 Å². The quantitative estimate of drug-likeness (QED) is 0.743. The molecule has 0 saturated heterocycles. The predicted octanol–water partition coefficient (Wildman–Crippen LogP) is 4.13. The van der Waals surface area contributed by atoms with Gasteiger partial charge in [-0.1, -0.05) is 17.7 Å². The minimum absolute atomic E-state index is 0.000274. The number of aromatic nitrogens is 1. The third-order valence-electron chi connectivity index (χ3n) is 3.52. The maximum absolute atomic E-state index is 12.4. The van der Waals surface area contributed by atoms with E-state index in [2.05, 4.69) is 20.4 Å². The summed E-state index contributed by atoms with van der Waals surface area (Å²) >= 11 is 5.97. The first-order valence-corrected chi connectivity index (χ1v) is 8.46. The van der Waals surface area contributed by atoms with Crippen LogP contribution >= 0.6 is 11.6 Å². The van der Waals surface area contributed by atoms with Crippen molar-refractivity contribution < 1.29 is 27.5 Å². The molecule has 1 aromatic carbocycles. The van der Waals surface area contributed by atoms with E-state index in [1.165, 1.54) is 43.5 Å². The first kappa shape index (κ1) is 21.5. The highest BCUT2D eigenvalue weighted by molar-refractivity contribution is 6.32. The van der Waals surface area contributed by atoms with Gasteiger partial charge in [0.05, 0.1) is 11.1 Å². The zero-order valence-electron chi connectivity index (χ0n) is 14.9. The van der Waals surface area contributed by atoms with Gasteiger partial charge in [0, 0.05) is 18.7 Å². The standard InChI is InChI=1S/C18H17ClF3N3O3/c1-10(12-3-4-15(14(19)7-12)28-9-18(20,21)22)24-17(27)13-5-6-23-16(8-13)25-11(2)26/h3-8,10H,9H2,1-2H3,(H,24,27)(H,23,25,26). The summed E-state index contributed by atoms with van der Waals surface area (Å²) in [5.74, 6) is -0.603. The van der Waals surface area contributed by atoms with E-state index < -0.39 is 24.7 Å². The van der Waals surface area contributed by atoms with E-state index in [1.54, 1.807) is 6.92 Å². The van der Waals surface area contributed by atoms with Crippen LogP contribution in [0.2, 0.25) is 5.02 Å². The van der Waals surface area contributed by atoms with Crippen LogP contribution in [-0.4, -0.2) is 29.6 Å². The van der Waals surface area contributed by atoms with Crippen LogP contribution in [0.25, 0.3) is 0 Å². The summed E-state index contributed by atoms with van der Waals surface area (Å²) < 4.78 is 41.4. The molecule has 2 rings (SSSR count). The SMILES string of the molecule is CC(=O)Nc1cc(C(=O)NC(C)c2ccc(OCC(F)(F)F)c(Cl)c2)ccn1. The lowest BCUT2D eigenvalue weighted by molar-refractivity contribution is -0.153. The van der Waals surface area contributed by atoms with Gasteiger partial charge in [-0.05, 0) is 36.8 Å². The molecule has 0 fully saturated rings. The van der Waals surface area contributed by atoms with Crippen LogP contribution in [0.5, 0.6) is 5.75 Å². The van der Waals surface area contributed by atoms with Gasteiger partial charge >= 0.3 is 6.18 Å². The van der Waals surface area contributed by atoms with Gasteiger partial charge in [-0.15, -0.1) is 0 Å². The van der Waals surface area contributed by atoms with Crippen LogP contribution in [0.1, 0.15) is 35.8 Å². The second-order valence-corrected chi connectivity index (χ2v) is 6.31. The molecule has 0 spiro atoms. The van der Waals surface area contributed by atoms with Crippen molar-refractivity contribution >= 4 is 29.2 Å². The number of nitrogens with one attached hydrogen (secondary N) is 2. The Labute approximate surface area is 164 Å². The normalized spacial score (nSPS) is 12.2. The zero-order valence-corrected chi connectivity index (χ0v) is 15.7. The zero-order chi connectivity index (χ0) is 20.9. The minimum atomic E-state index is -4.47. The summed E-state index contributed by atoms with van der Waals surface area (Å²) in [7, 11) is 0. The van der Waals surface area contributed by atoms with E-state index in [0.717, 1.165) is 0 Å². The molecular formula is C18H17ClF3N3O3. The topological polar surface area (TPSA) is 80.3 Å². The molecule has 0 saturated carbocycles. The van der Waals surface area contributed by atoms with Gasteiger partial charge in [0.25, 0.3) is 5.91 Å². The van der Waals surface area contributed by atoms with Crippen molar-refractivity contribution in [3.05, 3.63) is 52.7 Å². The van der Waals surface area contributed by atoms with Crippen molar-refractivity contribution in [1.29, 1.82) is 0 Å². The molecule has 28 heavy (non-hydrogen) atoms. The number of halogens is 4. The number of hydrogen-bond acceptors (Lipinski definition) is 4. The van der Waals surface area contributed by atoms with Gasteiger partial charge in [0.2, 0.25) is 5.91 Å². The van der Waals surface area contributed by atoms with E-state index in [0.29, 0.717) is 5.56 Å². The molecule has 6 nitrogen and oxygen atoms in total. The number of pyridine rings is 1. The Morgan fingerprint density at radius 1 is 1.25 bits per heavy atom. The molecule has 0 bridgehead atoms. The lowest BCUT2D eigenvalue weighted by Gasteiger charge is -2.17. The van der Waals surface area contributed by atoms with Crippen LogP contribution in [0.4, 0.5) is 19.0 Å². The van der Waals surface area contributed by atoms with E-state index in [1.807, 2.05) is 0 Å². The van der Waals surface area contributed by atoms with Gasteiger partial charge < -0.3 is 15.4 Å². The van der Waals surface area contributed by atoms with Crippen LogP contribution in [-0.2, 0) is 4.79 Å². The Morgan fingerprint density at radius 3 is 2.57 bits per heavy atom. The first-order valence-electron chi connectivity index (χ1n) is 8.08. The number of alkyl halides is 3. The maximum Gasteiger partial charge on any atom is 0.422 e. The average Bonchev–Trinajstić information content (AvgIpc) is 2.59. The van der Waals surface area contributed by atoms with E-state index in [-0.39, 0.29) is 28.1 Å². The van der Waals surface area contributed by atoms with Crippen molar-refractivity contribution in [2.24, 2.45) is 0 Å². The molecule has 1 aromatic heterocycles. The molecule has 1 atom stereocenters. The van der Waals surface area contributed by atoms with Gasteiger partial charge in [-0.3, -0.25) is 9.59 Å². The number of amides is 2. The Hall–Kier alpha value is -2.81. The highest BCUT2D eigenvalue weighted by atomic mass is 35.5. The molecule has 10 heteroatoms. The fourth-order valence-corrected chi connectivity index (χ4v) is 2.49. The Morgan fingerprint density at radius 2 is 1.96 bits per heavy atom. The Bertz CT molecular complexity index is 875. The molecule has 2 N–H and O–H groups in total. The van der Waals surface area contributed by atoms with E-state index >= 15 is 0 Å². The highest BCUT2D eigenvalue weighted by Crippen LogP contribution is 2.29. The van der Waals surface area contributed by atoms with Crippen LogP contribution in [0, 0.1) is 0 Å². The summed E-state index contributed by atoms with van der Waals surface area (Å²) in [4.78, 5) is 27.4. The molecular weight excluding hydrogens is 399 g/mol. The molecule has 2 amide bonds. The molecule has 1 heterocycles. The monoisotopic (exact) mass is 415 g/mol. The second-order valence-electron chi connectivity index (χ2n) is 5.90. The molecule has 0 aliphatic carbocycles. The average molecular weight is 416 g/mol. The minimum Gasteiger partial charge on any atom is -0.483 e. The van der Waals surface area contributed by atoms with Crippen molar-refractivity contribution in [3.63, 3.8) is 0 Å². The molecule has 0 radical (unpaired) electrons. The number of carbonyl (C=O) groups excluding carboxylic acids is 2. The van der Waals surface area contributed by atoms with Crippen molar-refractivity contribution in [3.8, 4) is 5.75 Å².